The second-order valence-electron chi connectivity index (χ2n) is 7.67. The van der Waals surface area contributed by atoms with Crippen molar-refractivity contribution in [2.75, 3.05) is 18.8 Å². The number of aromatic nitrogens is 3. The quantitative estimate of drug-likeness (QED) is 0.731. The van der Waals surface area contributed by atoms with Crippen molar-refractivity contribution in [3.8, 4) is 5.88 Å². The lowest BCUT2D eigenvalue weighted by Gasteiger charge is -2.39. The number of carbonyl (C=O) groups is 1. The van der Waals surface area contributed by atoms with Crippen molar-refractivity contribution in [3.05, 3.63) is 45.5 Å². The number of ether oxygens (including phenoxy) is 1. The summed E-state index contributed by atoms with van der Waals surface area (Å²) in [5, 5.41) is 0.777. The molecule has 0 spiro atoms. The van der Waals surface area contributed by atoms with Gasteiger partial charge in [-0.2, -0.15) is 0 Å². The van der Waals surface area contributed by atoms with E-state index >= 15 is 0 Å². The number of amides is 1. The number of carbonyl (C=O) groups excluding carboxylic acids is 1. The summed E-state index contributed by atoms with van der Waals surface area (Å²) >= 11 is 1.59. The van der Waals surface area contributed by atoms with E-state index in [0.29, 0.717) is 25.4 Å². The van der Waals surface area contributed by atoms with Gasteiger partial charge in [-0.25, -0.2) is 9.97 Å². The van der Waals surface area contributed by atoms with Crippen LogP contribution >= 0.6 is 11.8 Å². The van der Waals surface area contributed by atoms with Crippen LogP contribution in [0.25, 0.3) is 0 Å². The maximum absolute atomic E-state index is 12.8. The van der Waals surface area contributed by atoms with Gasteiger partial charge in [0.05, 0.1) is 24.8 Å². The molecule has 2 aromatic heterocycles. The third-order valence-electron chi connectivity index (χ3n) is 5.63. The van der Waals surface area contributed by atoms with Gasteiger partial charge in [0, 0.05) is 29.5 Å². The first-order valence-electron chi connectivity index (χ1n) is 9.73. The molecule has 1 unspecified atom stereocenters. The molecular weight excluding hydrogens is 376 g/mol. The fourth-order valence-electron chi connectivity index (χ4n) is 4.10. The fourth-order valence-corrected chi connectivity index (χ4v) is 5.26. The molecule has 2 aromatic rings. The van der Waals surface area contributed by atoms with Gasteiger partial charge in [0.1, 0.15) is 6.10 Å². The summed E-state index contributed by atoms with van der Waals surface area (Å²) in [4.78, 5) is 36.3. The van der Waals surface area contributed by atoms with Crippen LogP contribution in [0.3, 0.4) is 0 Å². The molecule has 4 heterocycles. The lowest BCUT2D eigenvalue weighted by atomic mass is 10.1. The number of rotatable bonds is 4. The molecule has 0 bridgehead atoms. The minimum Gasteiger partial charge on any atom is -0.471 e. The van der Waals surface area contributed by atoms with Crippen LogP contribution < -0.4 is 10.3 Å². The summed E-state index contributed by atoms with van der Waals surface area (Å²) < 4.78 is 7.59. The Kier molecular flexibility index (Phi) is 4.38. The molecule has 0 saturated carbocycles. The van der Waals surface area contributed by atoms with Crippen LogP contribution in [-0.2, 0) is 17.6 Å². The molecule has 2 aliphatic heterocycles. The molecule has 3 aliphatic rings. The summed E-state index contributed by atoms with van der Waals surface area (Å²) in [6.45, 7) is 3.06. The largest absolute Gasteiger partial charge is 0.471 e. The van der Waals surface area contributed by atoms with Gasteiger partial charge in [-0.05, 0) is 32.3 Å². The molecule has 146 valence electrons. The van der Waals surface area contributed by atoms with Crippen molar-refractivity contribution in [3.63, 3.8) is 0 Å². The van der Waals surface area contributed by atoms with Crippen molar-refractivity contribution in [2.45, 2.75) is 49.9 Å². The molecule has 1 atom stereocenters. The van der Waals surface area contributed by atoms with Crippen LogP contribution in [0.4, 0.5) is 0 Å². The summed E-state index contributed by atoms with van der Waals surface area (Å²) in [5.74, 6) is 1.41. The van der Waals surface area contributed by atoms with Gasteiger partial charge in [0.15, 0.2) is 5.16 Å². The Labute approximate surface area is 167 Å². The molecule has 28 heavy (non-hydrogen) atoms. The highest BCUT2D eigenvalue weighted by Gasteiger charge is 2.36. The first kappa shape index (κ1) is 17.7. The monoisotopic (exact) mass is 398 g/mol. The second-order valence-corrected chi connectivity index (χ2v) is 8.66. The predicted octanol–water partition coefficient (Wildman–Crippen LogP) is 1.76. The average Bonchev–Trinajstić information content (AvgIpc) is 3.25. The SMILES string of the molecule is Cc1cccc(OC2CN(C(=O)CC3CSc4nc5c(c(=O)n43)CCC5)C2)n1. The number of hydrogen-bond donors (Lipinski definition) is 0. The average molecular weight is 398 g/mol. The van der Waals surface area contributed by atoms with Gasteiger partial charge in [0.25, 0.3) is 5.56 Å². The van der Waals surface area contributed by atoms with Gasteiger partial charge in [-0.15, -0.1) is 0 Å². The van der Waals surface area contributed by atoms with E-state index < -0.39 is 0 Å². The van der Waals surface area contributed by atoms with Crippen LogP contribution in [0, 0.1) is 6.92 Å². The van der Waals surface area contributed by atoms with Gasteiger partial charge < -0.3 is 9.64 Å². The standard InChI is InChI=1S/C20H22N4O3S/c1-12-4-2-7-17(21-12)27-14-9-23(10-14)18(25)8-13-11-28-20-22-16-6-3-5-15(16)19(26)24(13)20/h2,4,7,13-14H,3,5-6,8-11H2,1H3. The zero-order chi connectivity index (χ0) is 19.3. The molecule has 8 heteroatoms. The van der Waals surface area contributed by atoms with E-state index in [2.05, 4.69) is 9.97 Å². The Hall–Kier alpha value is -2.35. The van der Waals surface area contributed by atoms with Crippen molar-refractivity contribution in [1.29, 1.82) is 0 Å². The van der Waals surface area contributed by atoms with Crippen LogP contribution in [0.1, 0.15) is 35.8 Å². The van der Waals surface area contributed by atoms with Gasteiger partial charge >= 0.3 is 0 Å². The van der Waals surface area contributed by atoms with Gasteiger partial charge in [0.2, 0.25) is 11.8 Å². The molecule has 1 aliphatic carbocycles. The first-order chi connectivity index (χ1) is 13.6. The van der Waals surface area contributed by atoms with E-state index in [0.717, 1.165) is 47.1 Å². The second kappa shape index (κ2) is 6.92. The van der Waals surface area contributed by atoms with Crippen molar-refractivity contribution in [2.24, 2.45) is 0 Å². The molecular formula is C20H22N4O3S. The van der Waals surface area contributed by atoms with Crippen LogP contribution in [0.5, 0.6) is 5.88 Å². The first-order valence-corrected chi connectivity index (χ1v) is 10.7. The smallest absolute Gasteiger partial charge is 0.257 e. The minimum atomic E-state index is -0.100. The van der Waals surface area contributed by atoms with Crippen LogP contribution in [0.2, 0.25) is 0 Å². The van der Waals surface area contributed by atoms with E-state index in [1.165, 1.54) is 0 Å². The Bertz CT molecular complexity index is 999. The topological polar surface area (TPSA) is 77.3 Å². The number of aryl methyl sites for hydroxylation is 2. The molecule has 7 nitrogen and oxygen atoms in total. The van der Waals surface area contributed by atoms with Crippen molar-refractivity contribution < 1.29 is 9.53 Å². The molecule has 1 fully saturated rings. The summed E-state index contributed by atoms with van der Waals surface area (Å²) in [6.07, 6.45) is 3.03. The third kappa shape index (κ3) is 3.09. The number of likely N-dealkylation sites (tertiary alicyclic amines) is 1. The van der Waals surface area contributed by atoms with Crippen LogP contribution in [0.15, 0.2) is 28.2 Å². The van der Waals surface area contributed by atoms with Gasteiger partial charge in [-0.1, -0.05) is 17.8 Å². The minimum absolute atomic E-state index is 0.0175. The predicted molar refractivity (Wildman–Crippen MR) is 105 cm³/mol. The molecule has 1 saturated heterocycles. The fraction of sp³-hybridized carbons (Fsp3) is 0.500. The maximum atomic E-state index is 12.8. The Balaban J connectivity index is 1.21. The van der Waals surface area contributed by atoms with E-state index in [1.807, 2.05) is 25.1 Å². The molecule has 0 N–H and O–H groups in total. The molecule has 0 radical (unpaired) electrons. The summed E-state index contributed by atoms with van der Waals surface area (Å²) in [5.41, 5.74) is 2.79. The van der Waals surface area contributed by atoms with Crippen molar-refractivity contribution >= 4 is 17.7 Å². The molecule has 1 amide bonds. The Morgan fingerprint density at radius 3 is 2.96 bits per heavy atom. The highest BCUT2D eigenvalue weighted by atomic mass is 32.2. The normalized spacial score (nSPS) is 20.6. The summed E-state index contributed by atoms with van der Waals surface area (Å²) in [6, 6.07) is 5.57. The number of fused-ring (bicyclic) bond motifs is 2. The lowest BCUT2D eigenvalue weighted by molar-refractivity contribution is -0.140. The molecule has 0 aromatic carbocycles. The number of nitrogens with zero attached hydrogens (tertiary/aromatic N) is 4. The van der Waals surface area contributed by atoms with E-state index in [1.54, 1.807) is 21.2 Å². The van der Waals surface area contributed by atoms with E-state index in [9.17, 15) is 9.59 Å². The maximum Gasteiger partial charge on any atom is 0.257 e. The highest BCUT2D eigenvalue weighted by Crippen LogP contribution is 2.34. The summed E-state index contributed by atoms with van der Waals surface area (Å²) in [7, 11) is 0. The zero-order valence-corrected chi connectivity index (χ0v) is 16.6. The number of hydrogen-bond acceptors (Lipinski definition) is 6. The zero-order valence-electron chi connectivity index (χ0n) is 15.8. The third-order valence-corrected chi connectivity index (χ3v) is 6.73. The number of thioether (sulfide) groups is 1. The Morgan fingerprint density at radius 2 is 2.14 bits per heavy atom. The highest BCUT2D eigenvalue weighted by molar-refractivity contribution is 7.99. The molecule has 5 rings (SSSR count). The Morgan fingerprint density at radius 1 is 1.29 bits per heavy atom. The van der Waals surface area contributed by atoms with Gasteiger partial charge in [-0.3, -0.25) is 14.2 Å². The van der Waals surface area contributed by atoms with Crippen molar-refractivity contribution in [1.82, 2.24) is 19.4 Å². The van der Waals surface area contributed by atoms with E-state index in [4.69, 9.17) is 4.74 Å². The number of pyridine rings is 1. The van der Waals surface area contributed by atoms with Crippen LogP contribution in [-0.4, -0.2) is 50.3 Å². The lowest BCUT2D eigenvalue weighted by Crippen LogP contribution is -2.56. The van der Waals surface area contributed by atoms with E-state index in [-0.39, 0.29) is 23.6 Å².